The number of nitrogens with zero attached hydrogens (tertiary/aromatic N) is 1. The van der Waals surface area contributed by atoms with Gasteiger partial charge in [0.15, 0.2) is 5.78 Å². The molecule has 0 spiro atoms. The molecule has 6 nitrogen and oxygen atoms in total. The Morgan fingerprint density at radius 3 is 2.72 bits per heavy atom. The van der Waals surface area contributed by atoms with E-state index in [-0.39, 0.29) is 5.78 Å². The smallest absolute Gasteiger partial charge is 0.249 e. The van der Waals surface area contributed by atoms with Gasteiger partial charge < -0.3 is 15.2 Å². The zero-order valence-corrected chi connectivity index (χ0v) is 17.2. The highest BCUT2D eigenvalue weighted by atomic mass is 16.5. The summed E-state index contributed by atoms with van der Waals surface area (Å²) in [5, 5.41) is 1.83. The summed E-state index contributed by atoms with van der Waals surface area (Å²) in [4.78, 5) is 28.1. The summed E-state index contributed by atoms with van der Waals surface area (Å²) in [6.45, 7) is 0.380. The summed E-state index contributed by atoms with van der Waals surface area (Å²) in [6, 6.07) is 20.4. The van der Waals surface area contributed by atoms with Crippen molar-refractivity contribution >= 4 is 22.5 Å². The van der Waals surface area contributed by atoms with Gasteiger partial charge in [-0.3, -0.25) is 9.59 Å². The molecule has 32 heavy (non-hydrogen) atoms. The van der Waals surface area contributed by atoms with Crippen molar-refractivity contribution in [1.82, 2.24) is 4.98 Å². The number of aromatic nitrogens is 1. The van der Waals surface area contributed by atoms with Gasteiger partial charge in [0.1, 0.15) is 11.5 Å². The van der Waals surface area contributed by atoms with Crippen LogP contribution in [0, 0.1) is 0 Å². The highest BCUT2D eigenvalue weighted by molar-refractivity contribution is 6.07. The molecule has 1 amide bonds. The first kappa shape index (κ1) is 19.8. The van der Waals surface area contributed by atoms with Crippen molar-refractivity contribution in [1.29, 1.82) is 0 Å². The van der Waals surface area contributed by atoms with E-state index >= 15 is 0 Å². The Kier molecular flexibility index (Phi) is 5.03. The standard InChI is InChI=1S/C26H20N2O4/c27-26(30)21-7-5-17(19-3-1-2-4-20(19)21)13-16-9-11-28-25(14-16)32-18-6-8-22-23(29)10-12-31-24(22)15-18/h1-9,11,14-15H,10,12-13H2,(H2,27,30). The minimum absolute atomic E-state index is 0.0764. The van der Waals surface area contributed by atoms with Crippen LogP contribution in [0.4, 0.5) is 0 Å². The molecule has 1 aromatic heterocycles. The van der Waals surface area contributed by atoms with Gasteiger partial charge >= 0.3 is 0 Å². The first-order valence-electron chi connectivity index (χ1n) is 10.3. The molecule has 5 rings (SSSR count). The molecule has 0 saturated carbocycles. The van der Waals surface area contributed by atoms with E-state index in [9.17, 15) is 9.59 Å². The zero-order valence-electron chi connectivity index (χ0n) is 17.2. The molecule has 4 aromatic rings. The molecule has 0 bridgehead atoms. The summed E-state index contributed by atoms with van der Waals surface area (Å²) < 4.78 is 11.5. The van der Waals surface area contributed by atoms with Crippen LogP contribution in [-0.4, -0.2) is 23.3 Å². The van der Waals surface area contributed by atoms with Crippen LogP contribution in [0.2, 0.25) is 0 Å². The molecule has 3 aromatic carbocycles. The van der Waals surface area contributed by atoms with E-state index in [1.54, 1.807) is 30.5 Å². The monoisotopic (exact) mass is 424 g/mol. The van der Waals surface area contributed by atoms with Crippen molar-refractivity contribution < 1.29 is 19.1 Å². The molecule has 2 N–H and O–H groups in total. The predicted octanol–water partition coefficient (Wildman–Crippen LogP) is 4.68. The van der Waals surface area contributed by atoms with Crippen LogP contribution >= 0.6 is 0 Å². The van der Waals surface area contributed by atoms with Crippen molar-refractivity contribution in [3.05, 3.63) is 95.2 Å². The summed E-state index contributed by atoms with van der Waals surface area (Å²) in [5.74, 6) is 1.17. The lowest BCUT2D eigenvalue weighted by Gasteiger charge is -2.17. The number of primary amides is 1. The number of hydrogen-bond acceptors (Lipinski definition) is 5. The second-order valence-electron chi connectivity index (χ2n) is 7.64. The Bertz CT molecular complexity index is 1360. The van der Waals surface area contributed by atoms with E-state index in [0.717, 1.165) is 21.9 Å². The highest BCUT2D eigenvalue weighted by Gasteiger charge is 2.19. The summed E-state index contributed by atoms with van der Waals surface area (Å²) in [5.41, 5.74) is 8.71. The molecule has 0 aliphatic carbocycles. The quantitative estimate of drug-likeness (QED) is 0.502. The number of ketones is 1. The number of carbonyl (C=O) groups excluding carboxylic acids is 2. The van der Waals surface area contributed by atoms with Gasteiger partial charge in [-0.05, 0) is 52.6 Å². The molecular weight excluding hydrogens is 404 g/mol. The molecule has 158 valence electrons. The van der Waals surface area contributed by atoms with Crippen molar-refractivity contribution in [2.24, 2.45) is 5.73 Å². The molecule has 0 atom stereocenters. The fraction of sp³-hybridized carbons (Fsp3) is 0.115. The van der Waals surface area contributed by atoms with E-state index in [2.05, 4.69) is 4.98 Å². The van der Waals surface area contributed by atoms with E-state index in [0.29, 0.717) is 48.0 Å². The lowest BCUT2D eigenvalue weighted by Crippen LogP contribution is -2.15. The fourth-order valence-electron chi connectivity index (χ4n) is 3.99. The summed E-state index contributed by atoms with van der Waals surface area (Å²) in [7, 11) is 0. The molecule has 2 heterocycles. The highest BCUT2D eigenvalue weighted by Crippen LogP contribution is 2.31. The number of pyridine rings is 1. The van der Waals surface area contributed by atoms with Crippen LogP contribution < -0.4 is 15.2 Å². The maximum Gasteiger partial charge on any atom is 0.249 e. The number of ether oxygens (including phenoxy) is 2. The van der Waals surface area contributed by atoms with E-state index < -0.39 is 5.91 Å². The van der Waals surface area contributed by atoms with Crippen molar-refractivity contribution in [2.45, 2.75) is 12.8 Å². The Labute approximate surface area is 184 Å². The number of benzene rings is 3. The number of rotatable bonds is 5. The molecule has 1 aliphatic rings. The minimum atomic E-state index is -0.442. The van der Waals surface area contributed by atoms with Gasteiger partial charge in [0.25, 0.3) is 0 Å². The fourth-order valence-corrected chi connectivity index (χ4v) is 3.99. The normalized spacial score (nSPS) is 12.8. The van der Waals surface area contributed by atoms with Crippen LogP contribution in [0.25, 0.3) is 10.8 Å². The second-order valence-corrected chi connectivity index (χ2v) is 7.64. The molecule has 1 aliphatic heterocycles. The lowest BCUT2D eigenvalue weighted by molar-refractivity contribution is 0.0932. The SMILES string of the molecule is NC(=O)c1ccc(Cc2ccnc(Oc3ccc4c(c3)OCCC4=O)c2)c2ccccc12. The average molecular weight is 424 g/mol. The topological polar surface area (TPSA) is 91.5 Å². The second kappa shape index (κ2) is 8.15. The molecule has 0 fully saturated rings. The van der Waals surface area contributed by atoms with Crippen LogP contribution in [0.5, 0.6) is 17.4 Å². The Morgan fingerprint density at radius 2 is 1.88 bits per heavy atom. The van der Waals surface area contributed by atoms with Gasteiger partial charge in [0.05, 0.1) is 12.2 Å². The molecule has 6 heteroatoms. The first-order valence-corrected chi connectivity index (χ1v) is 10.3. The zero-order chi connectivity index (χ0) is 22.1. The largest absolute Gasteiger partial charge is 0.492 e. The number of fused-ring (bicyclic) bond motifs is 2. The van der Waals surface area contributed by atoms with Crippen LogP contribution in [0.15, 0.2) is 72.9 Å². The number of hydrogen-bond donors (Lipinski definition) is 1. The predicted molar refractivity (Wildman–Crippen MR) is 120 cm³/mol. The van der Waals surface area contributed by atoms with Gasteiger partial charge in [0, 0.05) is 30.3 Å². The third-order valence-electron chi connectivity index (χ3n) is 5.54. The third-order valence-corrected chi connectivity index (χ3v) is 5.54. The van der Waals surface area contributed by atoms with Crippen LogP contribution in [0.1, 0.15) is 38.3 Å². The molecule has 0 radical (unpaired) electrons. The van der Waals surface area contributed by atoms with Gasteiger partial charge in [-0.25, -0.2) is 4.98 Å². The number of Topliss-reactive ketones (excluding diaryl/α,β-unsaturated/α-hetero) is 1. The van der Waals surface area contributed by atoms with Gasteiger partial charge in [-0.15, -0.1) is 0 Å². The Morgan fingerprint density at radius 1 is 1.03 bits per heavy atom. The van der Waals surface area contributed by atoms with E-state index in [4.69, 9.17) is 15.2 Å². The van der Waals surface area contributed by atoms with Crippen molar-refractivity contribution in [3.63, 3.8) is 0 Å². The third kappa shape index (κ3) is 3.78. The van der Waals surface area contributed by atoms with Crippen LogP contribution in [0.3, 0.4) is 0 Å². The number of amides is 1. The number of nitrogens with two attached hydrogens (primary N) is 1. The van der Waals surface area contributed by atoms with E-state index in [1.165, 1.54) is 0 Å². The Hall–Kier alpha value is -4.19. The lowest BCUT2D eigenvalue weighted by atomic mass is 9.95. The van der Waals surface area contributed by atoms with Crippen molar-refractivity contribution in [2.75, 3.05) is 6.61 Å². The number of carbonyl (C=O) groups is 2. The maximum atomic E-state index is 12.0. The average Bonchev–Trinajstić information content (AvgIpc) is 2.79. The summed E-state index contributed by atoms with van der Waals surface area (Å²) >= 11 is 0. The van der Waals surface area contributed by atoms with Crippen LogP contribution in [-0.2, 0) is 6.42 Å². The molecule has 0 unspecified atom stereocenters. The van der Waals surface area contributed by atoms with Crippen molar-refractivity contribution in [3.8, 4) is 17.4 Å². The first-order chi connectivity index (χ1) is 15.6. The molecular formula is C26H20N2O4. The molecule has 0 saturated heterocycles. The maximum absolute atomic E-state index is 12.0. The Balaban J connectivity index is 1.41. The summed E-state index contributed by atoms with van der Waals surface area (Å²) in [6.07, 6.45) is 2.73. The minimum Gasteiger partial charge on any atom is -0.492 e. The van der Waals surface area contributed by atoms with Gasteiger partial charge in [-0.1, -0.05) is 30.3 Å². The van der Waals surface area contributed by atoms with Gasteiger partial charge in [-0.2, -0.15) is 0 Å². The van der Waals surface area contributed by atoms with Gasteiger partial charge in [0.2, 0.25) is 11.8 Å². The van der Waals surface area contributed by atoms with E-state index in [1.807, 2.05) is 42.5 Å².